The maximum absolute atomic E-state index is 11.9. The van der Waals surface area contributed by atoms with Crippen molar-refractivity contribution in [1.82, 2.24) is 4.72 Å². The molecule has 0 saturated heterocycles. The number of nitrogens with zero attached hydrogens (tertiary/aromatic N) is 1. The molecule has 1 unspecified atom stereocenters. The van der Waals surface area contributed by atoms with Crippen molar-refractivity contribution in [3.05, 3.63) is 34.4 Å². The lowest BCUT2D eigenvalue weighted by Crippen LogP contribution is -2.33. The Morgan fingerprint density at radius 3 is 2.61 bits per heavy atom. The number of nitro benzene ring substituents is 1. The van der Waals surface area contributed by atoms with E-state index in [0.29, 0.717) is 0 Å². The highest BCUT2D eigenvalue weighted by Crippen LogP contribution is 2.22. The molecular formula is C10H14N2O5S. The van der Waals surface area contributed by atoms with Gasteiger partial charge in [-0.1, -0.05) is 12.1 Å². The van der Waals surface area contributed by atoms with E-state index in [2.05, 4.69) is 4.72 Å². The van der Waals surface area contributed by atoms with Crippen molar-refractivity contribution in [2.75, 3.05) is 6.61 Å². The van der Waals surface area contributed by atoms with Gasteiger partial charge in [-0.3, -0.25) is 10.1 Å². The number of benzene rings is 1. The molecule has 0 aliphatic rings. The lowest BCUT2D eigenvalue weighted by molar-refractivity contribution is -0.387. The number of rotatable bonds is 6. The van der Waals surface area contributed by atoms with Gasteiger partial charge in [0.25, 0.3) is 5.69 Å². The molecule has 0 bridgehead atoms. The minimum atomic E-state index is -3.96. The average molecular weight is 274 g/mol. The van der Waals surface area contributed by atoms with Crippen LogP contribution in [0.3, 0.4) is 0 Å². The van der Waals surface area contributed by atoms with Crippen molar-refractivity contribution in [2.45, 2.75) is 24.3 Å². The molecule has 0 aliphatic carbocycles. The van der Waals surface area contributed by atoms with Crippen LogP contribution in [-0.4, -0.2) is 31.1 Å². The predicted molar refractivity (Wildman–Crippen MR) is 64.6 cm³/mol. The Hall–Kier alpha value is -1.51. The molecule has 0 saturated carbocycles. The third-order valence-electron chi connectivity index (χ3n) is 2.27. The predicted octanol–water partition coefficient (Wildman–Crippen LogP) is 0.644. The molecule has 7 nitrogen and oxygen atoms in total. The van der Waals surface area contributed by atoms with Crippen molar-refractivity contribution in [3.8, 4) is 0 Å². The van der Waals surface area contributed by atoms with Gasteiger partial charge in [-0.05, 0) is 19.4 Å². The van der Waals surface area contributed by atoms with Gasteiger partial charge in [0.05, 0.1) is 4.92 Å². The highest BCUT2D eigenvalue weighted by molar-refractivity contribution is 7.89. The third kappa shape index (κ3) is 3.49. The minimum Gasteiger partial charge on any atom is -0.396 e. The number of aliphatic hydroxyl groups is 1. The summed E-state index contributed by atoms with van der Waals surface area (Å²) in [6.07, 6.45) is 0.236. The first-order chi connectivity index (χ1) is 8.38. The summed E-state index contributed by atoms with van der Waals surface area (Å²) in [7, 11) is -3.96. The summed E-state index contributed by atoms with van der Waals surface area (Å²) < 4.78 is 26.2. The van der Waals surface area contributed by atoms with Crippen molar-refractivity contribution >= 4 is 15.7 Å². The Bertz CT molecular complexity index is 529. The van der Waals surface area contributed by atoms with Crippen LogP contribution in [0.4, 0.5) is 5.69 Å². The van der Waals surface area contributed by atoms with Gasteiger partial charge in [-0.25, -0.2) is 13.1 Å². The minimum absolute atomic E-state index is 0.166. The maximum atomic E-state index is 11.9. The monoisotopic (exact) mass is 274 g/mol. The quantitative estimate of drug-likeness (QED) is 0.584. The molecule has 2 N–H and O–H groups in total. The number of para-hydroxylation sites is 1. The lowest BCUT2D eigenvalue weighted by atomic mass is 10.3. The number of hydrogen-bond donors (Lipinski definition) is 2. The fourth-order valence-corrected chi connectivity index (χ4v) is 2.87. The van der Waals surface area contributed by atoms with Crippen LogP contribution >= 0.6 is 0 Å². The number of hydrogen-bond acceptors (Lipinski definition) is 5. The largest absolute Gasteiger partial charge is 0.396 e. The highest BCUT2D eigenvalue weighted by atomic mass is 32.2. The molecule has 0 radical (unpaired) electrons. The molecule has 1 aromatic rings. The molecule has 1 rings (SSSR count). The van der Waals surface area contributed by atoms with Crippen molar-refractivity contribution in [1.29, 1.82) is 0 Å². The molecule has 1 aromatic carbocycles. The first-order valence-corrected chi connectivity index (χ1v) is 6.73. The zero-order chi connectivity index (χ0) is 13.8. The van der Waals surface area contributed by atoms with E-state index in [1.807, 2.05) is 0 Å². The number of sulfonamides is 1. The molecule has 100 valence electrons. The third-order valence-corrected chi connectivity index (χ3v) is 3.91. The number of nitrogens with one attached hydrogen (secondary N) is 1. The van der Waals surface area contributed by atoms with Gasteiger partial charge < -0.3 is 5.11 Å². The Kier molecular flexibility index (Phi) is 4.76. The first kappa shape index (κ1) is 14.6. The molecule has 1 atom stereocenters. The Balaban J connectivity index is 3.09. The van der Waals surface area contributed by atoms with Crippen LogP contribution in [0.1, 0.15) is 13.3 Å². The van der Waals surface area contributed by atoms with E-state index in [1.54, 1.807) is 6.92 Å². The Morgan fingerprint density at radius 1 is 1.44 bits per heavy atom. The zero-order valence-corrected chi connectivity index (χ0v) is 10.6. The summed E-state index contributed by atoms with van der Waals surface area (Å²) in [6, 6.07) is 4.61. The Morgan fingerprint density at radius 2 is 2.06 bits per heavy atom. The standard InChI is InChI=1S/C10H14N2O5S/c1-8(6-7-13)11-18(16,17)10-5-3-2-4-9(10)12(14)15/h2-5,8,11,13H,6-7H2,1H3. The van der Waals surface area contributed by atoms with Crippen LogP contribution in [0, 0.1) is 10.1 Å². The van der Waals surface area contributed by atoms with E-state index in [-0.39, 0.29) is 17.9 Å². The molecule has 18 heavy (non-hydrogen) atoms. The number of aliphatic hydroxyl groups excluding tert-OH is 1. The summed E-state index contributed by atoms with van der Waals surface area (Å²) in [6.45, 7) is 1.41. The van der Waals surface area contributed by atoms with Crippen LogP contribution in [-0.2, 0) is 10.0 Å². The van der Waals surface area contributed by atoms with Crippen LogP contribution in [0.5, 0.6) is 0 Å². The summed E-state index contributed by atoms with van der Waals surface area (Å²) in [5, 5.41) is 19.5. The van der Waals surface area contributed by atoms with E-state index < -0.39 is 26.7 Å². The zero-order valence-electron chi connectivity index (χ0n) is 9.74. The van der Waals surface area contributed by atoms with Crippen molar-refractivity contribution in [2.24, 2.45) is 0 Å². The van der Waals surface area contributed by atoms with Gasteiger partial charge in [0, 0.05) is 18.7 Å². The second-order valence-corrected chi connectivity index (χ2v) is 5.44. The van der Waals surface area contributed by atoms with Crippen molar-refractivity contribution in [3.63, 3.8) is 0 Å². The van der Waals surface area contributed by atoms with Crippen LogP contribution < -0.4 is 4.72 Å². The van der Waals surface area contributed by atoms with Crippen LogP contribution in [0.25, 0.3) is 0 Å². The van der Waals surface area contributed by atoms with E-state index >= 15 is 0 Å². The van der Waals surface area contributed by atoms with Crippen LogP contribution in [0.15, 0.2) is 29.2 Å². The second-order valence-electron chi connectivity index (χ2n) is 3.76. The first-order valence-electron chi connectivity index (χ1n) is 5.25. The van der Waals surface area contributed by atoms with Crippen LogP contribution in [0.2, 0.25) is 0 Å². The van der Waals surface area contributed by atoms with E-state index in [1.165, 1.54) is 18.2 Å². The molecule has 0 aromatic heterocycles. The molecule has 8 heteroatoms. The van der Waals surface area contributed by atoms with E-state index in [4.69, 9.17) is 5.11 Å². The molecule has 0 aliphatic heterocycles. The smallest absolute Gasteiger partial charge is 0.289 e. The number of nitro groups is 1. The molecule has 0 amide bonds. The SMILES string of the molecule is CC(CCO)NS(=O)(=O)c1ccccc1[N+](=O)[O-]. The van der Waals surface area contributed by atoms with Crippen molar-refractivity contribution < 1.29 is 18.4 Å². The van der Waals surface area contributed by atoms with Gasteiger partial charge in [0.1, 0.15) is 0 Å². The summed E-state index contributed by atoms with van der Waals surface area (Å²) in [5.74, 6) is 0. The topological polar surface area (TPSA) is 110 Å². The van der Waals surface area contributed by atoms with Gasteiger partial charge in [0.15, 0.2) is 4.90 Å². The molecule has 0 fully saturated rings. The van der Waals surface area contributed by atoms with E-state index in [9.17, 15) is 18.5 Å². The normalized spacial score (nSPS) is 13.2. The van der Waals surface area contributed by atoms with Gasteiger partial charge in [-0.15, -0.1) is 0 Å². The molecular weight excluding hydrogens is 260 g/mol. The maximum Gasteiger partial charge on any atom is 0.289 e. The average Bonchev–Trinajstić information content (AvgIpc) is 2.28. The summed E-state index contributed by atoms with van der Waals surface area (Å²) >= 11 is 0. The summed E-state index contributed by atoms with van der Waals surface area (Å²) in [4.78, 5) is 9.63. The lowest BCUT2D eigenvalue weighted by Gasteiger charge is -2.12. The van der Waals surface area contributed by atoms with E-state index in [0.717, 1.165) is 6.07 Å². The summed E-state index contributed by atoms with van der Waals surface area (Å²) in [5.41, 5.74) is -0.471. The fourth-order valence-electron chi connectivity index (χ4n) is 1.42. The van der Waals surface area contributed by atoms with Gasteiger partial charge in [-0.2, -0.15) is 0 Å². The second kappa shape index (κ2) is 5.89. The molecule has 0 spiro atoms. The van der Waals surface area contributed by atoms with Gasteiger partial charge >= 0.3 is 0 Å². The highest BCUT2D eigenvalue weighted by Gasteiger charge is 2.26. The Labute approximate surface area is 105 Å². The fraction of sp³-hybridized carbons (Fsp3) is 0.400. The molecule has 0 heterocycles. The van der Waals surface area contributed by atoms with Gasteiger partial charge in [0.2, 0.25) is 10.0 Å².